The van der Waals surface area contributed by atoms with Crippen LogP contribution in [0.5, 0.6) is 0 Å². The average molecular weight is 464 g/mol. The highest BCUT2D eigenvalue weighted by Gasteiger charge is 2.35. The van der Waals surface area contributed by atoms with Gasteiger partial charge < -0.3 is 10.2 Å². The molecular weight excluding hydrogens is 430 g/mol. The van der Waals surface area contributed by atoms with E-state index in [0.29, 0.717) is 24.1 Å². The van der Waals surface area contributed by atoms with Gasteiger partial charge in [-0.15, -0.1) is 0 Å². The van der Waals surface area contributed by atoms with E-state index >= 15 is 0 Å². The molecule has 180 valence electrons. The summed E-state index contributed by atoms with van der Waals surface area (Å²) in [7, 11) is 0. The number of imide groups is 1. The van der Waals surface area contributed by atoms with Gasteiger partial charge in [-0.1, -0.05) is 48.9 Å². The molecule has 0 unspecified atom stereocenters. The van der Waals surface area contributed by atoms with Crippen LogP contribution >= 0.6 is 0 Å². The van der Waals surface area contributed by atoms with Crippen molar-refractivity contribution in [3.05, 3.63) is 70.8 Å². The molecule has 0 aromatic heterocycles. The Bertz CT molecular complexity index is 1050. The summed E-state index contributed by atoms with van der Waals surface area (Å²) in [5, 5.41) is 2.95. The fraction of sp³-hybridized carbons (Fsp3) is 0.407. The lowest BCUT2D eigenvalue weighted by Crippen LogP contribution is -2.49. The molecule has 2 aromatic carbocycles. The third-order valence-electron chi connectivity index (χ3n) is 6.25. The van der Waals surface area contributed by atoms with Crippen molar-refractivity contribution < 1.29 is 19.2 Å². The number of carbonyl (C=O) groups is 4. The van der Waals surface area contributed by atoms with E-state index in [1.165, 1.54) is 4.90 Å². The minimum Gasteiger partial charge on any atom is -0.352 e. The standard InChI is InChI=1S/C27H33N3O4/c1-5-19(3)28-25(32)20(4)30(17-21-11-8-10-18(2)16-21)24(31)14-9-15-29-26(33)22-12-6-7-13-23(22)27(29)34/h6-8,10-13,16,19-20H,5,9,14-15,17H2,1-4H3,(H,28,32)/t19-,20+/m0/s1. The van der Waals surface area contributed by atoms with Crippen LogP contribution in [0.25, 0.3) is 0 Å². The van der Waals surface area contributed by atoms with E-state index in [1.807, 2.05) is 45.0 Å². The molecule has 1 heterocycles. The van der Waals surface area contributed by atoms with Crippen molar-refractivity contribution >= 4 is 23.6 Å². The third-order valence-corrected chi connectivity index (χ3v) is 6.25. The first-order chi connectivity index (χ1) is 16.2. The lowest BCUT2D eigenvalue weighted by molar-refractivity contribution is -0.141. The highest BCUT2D eigenvalue weighted by atomic mass is 16.2. The van der Waals surface area contributed by atoms with Crippen LogP contribution in [0.1, 0.15) is 71.9 Å². The van der Waals surface area contributed by atoms with Gasteiger partial charge in [-0.25, -0.2) is 0 Å². The van der Waals surface area contributed by atoms with Crippen LogP contribution < -0.4 is 5.32 Å². The Balaban J connectivity index is 1.68. The van der Waals surface area contributed by atoms with E-state index in [4.69, 9.17) is 0 Å². The SMILES string of the molecule is CC[C@H](C)NC(=O)[C@@H](C)N(Cc1cccc(C)c1)C(=O)CCCN1C(=O)c2ccccc2C1=O. The van der Waals surface area contributed by atoms with Gasteiger partial charge >= 0.3 is 0 Å². The van der Waals surface area contributed by atoms with Gasteiger partial charge in [-0.05, 0) is 51.3 Å². The zero-order valence-electron chi connectivity index (χ0n) is 20.3. The predicted molar refractivity (Wildman–Crippen MR) is 130 cm³/mol. The summed E-state index contributed by atoms with van der Waals surface area (Å²) in [6.07, 6.45) is 1.25. The van der Waals surface area contributed by atoms with E-state index in [1.54, 1.807) is 36.1 Å². The van der Waals surface area contributed by atoms with Crippen LogP contribution in [0.2, 0.25) is 0 Å². The second-order valence-corrected chi connectivity index (χ2v) is 8.92. The van der Waals surface area contributed by atoms with Crippen LogP contribution in [0.4, 0.5) is 0 Å². The Morgan fingerprint density at radius 3 is 2.24 bits per heavy atom. The number of carbonyl (C=O) groups excluding carboxylic acids is 4. The van der Waals surface area contributed by atoms with Crippen LogP contribution in [-0.4, -0.2) is 52.1 Å². The molecule has 34 heavy (non-hydrogen) atoms. The summed E-state index contributed by atoms with van der Waals surface area (Å²) in [5.74, 6) is -1.04. The van der Waals surface area contributed by atoms with E-state index < -0.39 is 6.04 Å². The normalized spacial score (nSPS) is 14.5. The summed E-state index contributed by atoms with van der Waals surface area (Å²) in [4.78, 5) is 54.0. The first kappa shape index (κ1) is 25.1. The molecule has 0 saturated carbocycles. The van der Waals surface area contributed by atoms with E-state index in [0.717, 1.165) is 17.5 Å². The number of amides is 4. The Morgan fingerprint density at radius 2 is 1.65 bits per heavy atom. The molecule has 0 bridgehead atoms. The molecule has 3 rings (SSSR count). The quantitative estimate of drug-likeness (QED) is 0.545. The van der Waals surface area contributed by atoms with Gasteiger partial charge in [0.15, 0.2) is 0 Å². The number of fused-ring (bicyclic) bond motifs is 1. The van der Waals surface area contributed by atoms with Crippen molar-refractivity contribution in [2.45, 2.75) is 65.6 Å². The second-order valence-electron chi connectivity index (χ2n) is 8.92. The molecule has 7 heteroatoms. The van der Waals surface area contributed by atoms with Crippen LogP contribution in [0, 0.1) is 6.92 Å². The highest BCUT2D eigenvalue weighted by molar-refractivity contribution is 6.21. The van der Waals surface area contributed by atoms with E-state index in [-0.39, 0.29) is 42.6 Å². The molecule has 4 amide bonds. The average Bonchev–Trinajstić information content (AvgIpc) is 3.07. The van der Waals surface area contributed by atoms with Crippen molar-refractivity contribution in [1.29, 1.82) is 0 Å². The molecule has 1 aliphatic heterocycles. The number of hydrogen-bond donors (Lipinski definition) is 1. The largest absolute Gasteiger partial charge is 0.352 e. The Labute approximate surface area is 201 Å². The lowest BCUT2D eigenvalue weighted by atomic mass is 10.1. The molecule has 0 aliphatic carbocycles. The lowest BCUT2D eigenvalue weighted by Gasteiger charge is -2.30. The van der Waals surface area contributed by atoms with Crippen LogP contribution in [-0.2, 0) is 16.1 Å². The molecule has 1 aliphatic rings. The molecular formula is C27H33N3O4. The van der Waals surface area contributed by atoms with Gasteiger partial charge in [-0.3, -0.25) is 24.1 Å². The van der Waals surface area contributed by atoms with Crippen LogP contribution in [0.15, 0.2) is 48.5 Å². The molecule has 0 saturated heterocycles. The second kappa shape index (κ2) is 11.1. The molecule has 0 spiro atoms. The number of rotatable bonds is 10. The van der Waals surface area contributed by atoms with Crippen molar-refractivity contribution in [3.8, 4) is 0 Å². The molecule has 2 aromatic rings. The van der Waals surface area contributed by atoms with Gasteiger partial charge in [0.05, 0.1) is 11.1 Å². The summed E-state index contributed by atoms with van der Waals surface area (Å²) >= 11 is 0. The zero-order chi connectivity index (χ0) is 24.8. The molecule has 0 fully saturated rings. The monoisotopic (exact) mass is 463 g/mol. The summed E-state index contributed by atoms with van der Waals surface area (Å²) < 4.78 is 0. The number of aryl methyl sites for hydroxylation is 1. The topological polar surface area (TPSA) is 86.8 Å². The first-order valence-electron chi connectivity index (χ1n) is 11.8. The van der Waals surface area contributed by atoms with Crippen molar-refractivity contribution in [2.75, 3.05) is 6.54 Å². The predicted octanol–water partition coefficient (Wildman–Crippen LogP) is 3.70. The number of nitrogens with zero attached hydrogens (tertiary/aromatic N) is 2. The maximum Gasteiger partial charge on any atom is 0.261 e. The smallest absolute Gasteiger partial charge is 0.261 e. The number of hydrogen-bond acceptors (Lipinski definition) is 4. The Kier molecular flexibility index (Phi) is 8.21. The van der Waals surface area contributed by atoms with E-state index in [9.17, 15) is 19.2 Å². The number of nitrogens with one attached hydrogen (secondary N) is 1. The summed E-state index contributed by atoms with van der Waals surface area (Å²) in [5.41, 5.74) is 2.81. The molecule has 2 atom stereocenters. The summed E-state index contributed by atoms with van der Waals surface area (Å²) in [6.45, 7) is 8.10. The van der Waals surface area contributed by atoms with Gasteiger partial charge in [0, 0.05) is 25.6 Å². The minimum atomic E-state index is -0.652. The first-order valence-corrected chi connectivity index (χ1v) is 11.8. The molecule has 1 N–H and O–H groups in total. The van der Waals surface area contributed by atoms with Gasteiger partial charge in [-0.2, -0.15) is 0 Å². The zero-order valence-corrected chi connectivity index (χ0v) is 20.3. The third kappa shape index (κ3) is 5.71. The maximum atomic E-state index is 13.2. The number of benzene rings is 2. The molecule has 7 nitrogen and oxygen atoms in total. The summed E-state index contributed by atoms with van der Waals surface area (Å²) in [6, 6.07) is 13.9. The fourth-order valence-electron chi connectivity index (χ4n) is 4.03. The van der Waals surface area contributed by atoms with Crippen molar-refractivity contribution in [2.24, 2.45) is 0 Å². The fourth-order valence-corrected chi connectivity index (χ4v) is 4.03. The Morgan fingerprint density at radius 1 is 1.00 bits per heavy atom. The minimum absolute atomic E-state index is 0.0136. The van der Waals surface area contributed by atoms with Crippen LogP contribution in [0.3, 0.4) is 0 Å². The van der Waals surface area contributed by atoms with Crippen molar-refractivity contribution in [1.82, 2.24) is 15.1 Å². The van der Waals surface area contributed by atoms with Gasteiger partial charge in [0.2, 0.25) is 11.8 Å². The van der Waals surface area contributed by atoms with Crippen molar-refractivity contribution in [3.63, 3.8) is 0 Å². The van der Waals surface area contributed by atoms with E-state index in [2.05, 4.69) is 5.32 Å². The highest BCUT2D eigenvalue weighted by Crippen LogP contribution is 2.23. The maximum absolute atomic E-state index is 13.2. The molecule has 0 radical (unpaired) electrons. The van der Waals surface area contributed by atoms with Gasteiger partial charge in [0.25, 0.3) is 11.8 Å². The van der Waals surface area contributed by atoms with Gasteiger partial charge in [0.1, 0.15) is 6.04 Å². The Hall–Kier alpha value is -3.48.